The molecule has 0 aliphatic rings. The Hall–Kier alpha value is -3.74. The first-order valence-corrected chi connectivity index (χ1v) is 8.80. The van der Waals surface area contributed by atoms with Gasteiger partial charge in [0.15, 0.2) is 0 Å². The topological polar surface area (TPSA) is 93.2 Å². The fourth-order valence-corrected chi connectivity index (χ4v) is 2.49. The zero-order chi connectivity index (χ0) is 19.8. The van der Waals surface area contributed by atoms with Gasteiger partial charge in [-0.25, -0.2) is 4.98 Å². The van der Waals surface area contributed by atoms with Crippen molar-refractivity contribution in [3.63, 3.8) is 0 Å². The van der Waals surface area contributed by atoms with E-state index >= 15 is 0 Å². The second-order valence-corrected chi connectivity index (χ2v) is 5.97. The van der Waals surface area contributed by atoms with Crippen LogP contribution in [-0.2, 0) is 11.2 Å². The number of rotatable bonds is 7. The predicted octanol–water partition coefficient (Wildman–Crippen LogP) is 3.20. The maximum Gasteiger partial charge on any atom is 0.269 e. The molecule has 0 bridgehead atoms. The minimum Gasteiger partial charge on any atom is -0.457 e. The van der Waals surface area contributed by atoms with E-state index in [2.05, 4.69) is 20.6 Å². The molecule has 0 aliphatic carbocycles. The van der Waals surface area contributed by atoms with Crippen LogP contribution in [0.1, 0.15) is 22.5 Å². The molecule has 0 aliphatic heterocycles. The monoisotopic (exact) mass is 376 g/mol. The van der Waals surface area contributed by atoms with Gasteiger partial charge in [0.05, 0.1) is 0 Å². The van der Waals surface area contributed by atoms with Crippen molar-refractivity contribution >= 4 is 17.6 Å². The summed E-state index contributed by atoms with van der Waals surface area (Å²) >= 11 is 0. The molecule has 3 aromatic rings. The molecule has 2 aromatic heterocycles. The SMILES string of the molecule is CNC(=O)c1cc(Oc2ccc(CCC(=O)Nc3ccccn3)cc2)ccn1. The summed E-state index contributed by atoms with van der Waals surface area (Å²) in [6.07, 6.45) is 4.12. The number of carbonyl (C=O) groups is 2. The van der Waals surface area contributed by atoms with Crippen molar-refractivity contribution in [1.29, 1.82) is 0 Å². The lowest BCUT2D eigenvalue weighted by molar-refractivity contribution is -0.116. The highest BCUT2D eigenvalue weighted by Crippen LogP contribution is 2.22. The summed E-state index contributed by atoms with van der Waals surface area (Å²) in [4.78, 5) is 31.7. The van der Waals surface area contributed by atoms with Crippen molar-refractivity contribution in [1.82, 2.24) is 15.3 Å². The number of hydrogen-bond acceptors (Lipinski definition) is 5. The van der Waals surface area contributed by atoms with Crippen LogP contribution in [0.5, 0.6) is 11.5 Å². The van der Waals surface area contributed by atoms with Crippen LogP contribution in [-0.4, -0.2) is 28.8 Å². The molecule has 1 aromatic carbocycles. The molecule has 0 saturated heterocycles. The molecular weight excluding hydrogens is 356 g/mol. The summed E-state index contributed by atoms with van der Waals surface area (Å²) in [5, 5.41) is 5.29. The Kier molecular flexibility index (Phi) is 6.30. The van der Waals surface area contributed by atoms with Gasteiger partial charge in [0.2, 0.25) is 5.91 Å². The maximum absolute atomic E-state index is 12.0. The Bertz CT molecular complexity index is 943. The van der Waals surface area contributed by atoms with Crippen LogP contribution in [0.2, 0.25) is 0 Å². The van der Waals surface area contributed by atoms with E-state index in [-0.39, 0.29) is 17.5 Å². The fourth-order valence-electron chi connectivity index (χ4n) is 2.49. The van der Waals surface area contributed by atoms with E-state index in [0.717, 1.165) is 5.56 Å². The van der Waals surface area contributed by atoms with E-state index in [0.29, 0.717) is 30.2 Å². The van der Waals surface area contributed by atoms with Crippen LogP contribution in [0.25, 0.3) is 0 Å². The normalized spacial score (nSPS) is 10.2. The third kappa shape index (κ3) is 5.38. The van der Waals surface area contributed by atoms with Crippen molar-refractivity contribution in [3.8, 4) is 11.5 Å². The first-order valence-electron chi connectivity index (χ1n) is 8.80. The van der Waals surface area contributed by atoms with Crippen molar-refractivity contribution < 1.29 is 14.3 Å². The lowest BCUT2D eigenvalue weighted by Crippen LogP contribution is -2.18. The molecule has 0 saturated carbocycles. The molecule has 7 heteroatoms. The van der Waals surface area contributed by atoms with Crippen LogP contribution in [0.4, 0.5) is 5.82 Å². The van der Waals surface area contributed by atoms with E-state index in [9.17, 15) is 9.59 Å². The molecule has 0 radical (unpaired) electrons. The van der Waals surface area contributed by atoms with Crippen LogP contribution in [0.3, 0.4) is 0 Å². The molecule has 0 unspecified atom stereocenters. The second-order valence-electron chi connectivity index (χ2n) is 5.97. The largest absolute Gasteiger partial charge is 0.457 e. The third-order valence-corrected chi connectivity index (χ3v) is 3.92. The van der Waals surface area contributed by atoms with Gasteiger partial charge in [-0.15, -0.1) is 0 Å². The fraction of sp³-hybridized carbons (Fsp3) is 0.143. The number of aryl methyl sites for hydroxylation is 1. The van der Waals surface area contributed by atoms with E-state index in [1.165, 1.54) is 6.20 Å². The molecule has 142 valence electrons. The van der Waals surface area contributed by atoms with E-state index in [1.54, 1.807) is 37.5 Å². The quantitative estimate of drug-likeness (QED) is 0.660. The number of nitrogens with zero attached hydrogens (tertiary/aromatic N) is 2. The van der Waals surface area contributed by atoms with Crippen LogP contribution >= 0.6 is 0 Å². The summed E-state index contributed by atoms with van der Waals surface area (Å²) in [5.41, 5.74) is 1.31. The molecule has 2 heterocycles. The molecule has 2 N–H and O–H groups in total. The summed E-state index contributed by atoms with van der Waals surface area (Å²) < 4.78 is 5.77. The highest BCUT2D eigenvalue weighted by molar-refractivity contribution is 5.92. The zero-order valence-corrected chi connectivity index (χ0v) is 15.4. The number of carbonyl (C=O) groups excluding carboxylic acids is 2. The Morgan fingerprint density at radius 2 is 1.79 bits per heavy atom. The second kappa shape index (κ2) is 9.27. The Balaban J connectivity index is 1.53. The van der Waals surface area contributed by atoms with Crippen LogP contribution in [0, 0.1) is 0 Å². The minimum atomic E-state index is -0.273. The summed E-state index contributed by atoms with van der Waals surface area (Å²) in [6, 6.07) is 16.1. The van der Waals surface area contributed by atoms with Crippen molar-refractivity contribution in [3.05, 3.63) is 78.2 Å². The number of pyridine rings is 2. The standard InChI is InChI=1S/C21H20N4O3/c1-22-21(27)18-14-17(11-13-23-18)28-16-8-5-15(6-9-16)7-10-20(26)25-19-4-2-3-12-24-19/h2-6,8-9,11-14H,7,10H2,1H3,(H,22,27)(H,24,25,26). The molecule has 2 amide bonds. The van der Waals surface area contributed by atoms with Gasteiger partial charge in [0.25, 0.3) is 5.91 Å². The Morgan fingerprint density at radius 3 is 2.50 bits per heavy atom. The van der Waals surface area contributed by atoms with E-state index in [1.807, 2.05) is 30.3 Å². The van der Waals surface area contributed by atoms with Gasteiger partial charge >= 0.3 is 0 Å². The molecular formula is C21H20N4O3. The smallest absolute Gasteiger partial charge is 0.269 e. The molecule has 0 spiro atoms. The average Bonchev–Trinajstić information content (AvgIpc) is 2.73. The number of benzene rings is 1. The number of aromatic nitrogens is 2. The van der Waals surface area contributed by atoms with E-state index < -0.39 is 0 Å². The lowest BCUT2D eigenvalue weighted by Gasteiger charge is -2.08. The summed E-state index contributed by atoms with van der Waals surface area (Å²) in [7, 11) is 1.55. The Labute approximate surface area is 162 Å². The van der Waals surface area contributed by atoms with Gasteiger partial charge in [-0.2, -0.15) is 0 Å². The van der Waals surface area contributed by atoms with Gasteiger partial charge in [-0.3, -0.25) is 14.6 Å². The van der Waals surface area contributed by atoms with Gasteiger partial charge < -0.3 is 15.4 Å². The molecule has 0 fully saturated rings. The molecule has 0 atom stereocenters. The number of anilines is 1. The van der Waals surface area contributed by atoms with Gasteiger partial charge in [-0.1, -0.05) is 18.2 Å². The number of ether oxygens (including phenoxy) is 1. The minimum absolute atomic E-state index is 0.0856. The highest BCUT2D eigenvalue weighted by Gasteiger charge is 2.07. The number of amides is 2. The Morgan fingerprint density at radius 1 is 0.964 bits per heavy atom. The van der Waals surface area contributed by atoms with E-state index in [4.69, 9.17) is 4.74 Å². The lowest BCUT2D eigenvalue weighted by atomic mass is 10.1. The highest BCUT2D eigenvalue weighted by atomic mass is 16.5. The maximum atomic E-state index is 12.0. The van der Waals surface area contributed by atoms with Crippen LogP contribution < -0.4 is 15.4 Å². The molecule has 7 nitrogen and oxygen atoms in total. The molecule has 3 rings (SSSR count). The van der Waals surface area contributed by atoms with Crippen LogP contribution in [0.15, 0.2) is 67.0 Å². The van der Waals surface area contributed by atoms with Gasteiger partial charge in [0, 0.05) is 31.9 Å². The first-order chi connectivity index (χ1) is 13.6. The van der Waals surface area contributed by atoms with Gasteiger partial charge in [0.1, 0.15) is 23.0 Å². The first kappa shape index (κ1) is 19.0. The third-order valence-electron chi connectivity index (χ3n) is 3.92. The van der Waals surface area contributed by atoms with Crippen molar-refractivity contribution in [2.75, 3.05) is 12.4 Å². The number of nitrogens with one attached hydrogen (secondary N) is 2. The van der Waals surface area contributed by atoms with Crippen molar-refractivity contribution in [2.24, 2.45) is 0 Å². The predicted molar refractivity (Wildman–Crippen MR) is 105 cm³/mol. The van der Waals surface area contributed by atoms with Crippen molar-refractivity contribution in [2.45, 2.75) is 12.8 Å². The summed E-state index contributed by atoms with van der Waals surface area (Å²) in [5.74, 6) is 1.35. The van der Waals surface area contributed by atoms with Gasteiger partial charge in [-0.05, 0) is 42.3 Å². The number of hydrogen-bond donors (Lipinski definition) is 2. The molecule has 28 heavy (non-hydrogen) atoms. The summed E-state index contributed by atoms with van der Waals surface area (Å²) in [6.45, 7) is 0. The average molecular weight is 376 g/mol. The zero-order valence-electron chi connectivity index (χ0n) is 15.4.